The van der Waals surface area contributed by atoms with Gasteiger partial charge in [-0.25, -0.2) is 4.79 Å². The molecule has 2 aromatic carbocycles. The Balaban J connectivity index is 1.86. The molecular formula is C17H14INO3. The minimum Gasteiger partial charge on any atom is -0.489 e. The molecule has 0 saturated carbocycles. The van der Waals surface area contributed by atoms with E-state index in [-0.39, 0.29) is 5.97 Å². The number of benzene rings is 2. The highest BCUT2D eigenvalue weighted by Crippen LogP contribution is 2.27. The lowest BCUT2D eigenvalue weighted by Crippen LogP contribution is -2.04. The van der Waals surface area contributed by atoms with Gasteiger partial charge in [0.1, 0.15) is 18.1 Å². The number of halogens is 1. The molecule has 4 nitrogen and oxygen atoms in total. The van der Waals surface area contributed by atoms with Gasteiger partial charge < -0.3 is 9.47 Å². The lowest BCUT2D eigenvalue weighted by Gasteiger charge is -2.07. The van der Waals surface area contributed by atoms with E-state index in [0.717, 1.165) is 22.2 Å². The van der Waals surface area contributed by atoms with Crippen LogP contribution in [0.4, 0.5) is 0 Å². The molecule has 1 aromatic heterocycles. The number of rotatable bonds is 4. The summed E-state index contributed by atoms with van der Waals surface area (Å²) in [5, 5.41) is 0.974. The number of hydrogen-bond donors (Lipinski definition) is 0. The monoisotopic (exact) mass is 407 g/mol. The second-order valence-electron chi connectivity index (χ2n) is 4.80. The molecule has 0 aliphatic carbocycles. The molecule has 22 heavy (non-hydrogen) atoms. The van der Waals surface area contributed by atoms with Crippen LogP contribution in [0.15, 0.2) is 54.6 Å². The van der Waals surface area contributed by atoms with Crippen LogP contribution in [0.5, 0.6) is 5.75 Å². The molecule has 0 unspecified atom stereocenters. The first-order valence-corrected chi connectivity index (χ1v) is 7.72. The van der Waals surface area contributed by atoms with Crippen molar-refractivity contribution in [3.8, 4) is 5.75 Å². The molecule has 0 atom stereocenters. The van der Waals surface area contributed by atoms with E-state index in [9.17, 15) is 4.79 Å². The first kappa shape index (κ1) is 14.9. The molecule has 0 saturated heterocycles. The Kier molecular flexibility index (Phi) is 4.33. The van der Waals surface area contributed by atoms with Gasteiger partial charge in [0.05, 0.1) is 35.5 Å². The number of hydrogen-bond acceptors (Lipinski definition) is 3. The smallest absolute Gasteiger partial charge is 0.355 e. The molecule has 0 N–H and O–H groups in total. The number of aromatic nitrogens is 1. The number of fused-ring (bicyclic) bond motifs is 1. The normalized spacial score (nSPS) is 10.6. The fourth-order valence-electron chi connectivity index (χ4n) is 2.22. The van der Waals surface area contributed by atoms with Gasteiger partial charge in [-0.1, -0.05) is 30.3 Å². The van der Waals surface area contributed by atoms with Crippen LogP contribution < -0.4 is 4.74 Å². The van der Waals surface area contributed by atoms with Crippen molar-refractivity contribution in [3.63, 3.8) is 0 Å². The highest BCUT2D eigenvalue weighted by Gasteiger charge is 2.15. The maximum Gasteiger partial charge on any atom is 0.355 e. The lowest BCUT2D eigenvalue weighted by atomic mass is 10.2. The largest absolute Gasteiger partial charge is 0.489 e. The van der Waals surface area contributed by atoms with E-state index in [1.165, 1.54) is 7.11 Å². The van der Waals surface area contributed by atoms with E-state index in [0.29, 0.717) is 12.3 Å². The topological polar surface area (TPSA) is 40.5 Å². The van der Waals surface area contributed by atoms with E-state index >= 15 is 0 Å². The number of ether oxygens (including phenoxy) is 2. The zero-order chi connectivity index (χ0) is 15.5. The van der Waals surface area contributed by atoms with Gasteiger partial charge in [-0.05, 0) is 23.8 Å². The van der Waals surface area contributed by atoms with E-state index < -0.39 is 0 Å². The second kappa shape index (κ2) is 6.39. The van der Waals surface area contributed by atoms with Crippen LogP contribution in [0.1, 0.15) is 16.1 Å². The number of nitrogens with zero attached hydrogens (tertiary/aromatic N) is 1. The fourth-order valence-corrected chi connectivity index (χ4v) is 2.98. The van der Waals surface area contributed by atoms with E-state index in [2.05, 4.69) is 22.9 Å². The highest BCUT2D eigenvalue weighted by atomic mass is 127. The third kappa shape index (κ3) is 2.94. The van der Waals surface area contributed by atoms with Crippen LogP contribution in [0.25, 0.3) is 10.9 Å². The van der Waals surface area contributed by atoms with Gasteiger partial charge in [0.25, 0.3) is 0 Å². The van der Waals surface area contributed by atoms with Crippen molar-refractivity contribution < 1.29 is 14.3 Å². The molecule has 1 heterocycles. The minimum atomic E-state index is -0.350. The Morgan fingerprint density at radius 3 is 2.64 bits per heavy atom. The summed E-state index contributed by atoms with van der Waals surface area (Å²) >= 11 is 2.09. The van der Waals surface area contributed by atoms with Gasteiger partial charge >= 0.3 is 5.97 Å². The number of carbonyl (C=O) groups is 1. The molecule has 0 fully saturated rings. The van der Waals surface area contributed by atoms with Crippen LogP contribution in [0.2, 0.25) is 0 Å². The maximum atomic E-state index is 11.7. The van der Waals surface area contributed by atoms with E-state index in [1.54, 1.807) is 2.78 Å². The van der Waals surface area contributed by atoms with Crippen molar-refractivity contribution in [1.29, 1.82) is 0 Å². The molecule has 3 aromatic rings. The number of carbonyl (C=O) groups excluding carboxylic acids is 1. The number of esters is 1. The predicted molar refractivity (Wildman–Crippen MR) is 93.5 cm³/mol. The van der Waals surface area contributed by atoms with Crippen LogP contribution in [-0.2, 0) is 11.3 Å². The SMILES string of the molecule is COC(=O)c1cc2ccc(OCc3ccccc3)cc2n1I. The van der Waals surface area contributed by atoms with Gasteiger partial charge in [-0.3, -0.25) is 2.78 Å². The summed E-state index contributed by atoms with van der Waals surface area (Å²) in [5.41, 5.74) is 2.55. The molecule has 0 amide bonds. The zero-order valence-electron chi connectivity index (χ0n) is 12.0. The molecule has 112 valence electrons. The zero-order valence-corrected chi connectivity index (χ0v) is 14.1. The van der Waals surface area contributed by atoms with Crippen molar-refractivity contribution in [2.24, 2.45) is 0 Å². The molecule has 0 radical (unpaired) electrons. The molecule has 0 aliphatic rings. The lowest BCUT2D eigenvalue weighted by molar-refractivity contribution is 0.0594. The van der Waals surface area contributed by atoms with Crippen molar-refractivity contribution in [1.82, 2.24) is 2.78 Å². The van der Waals surface area contributed by atoms with Crippen LogP contribution in [-0.4, -0.2) is 15.9 Å². The van der Waals surface area contributed by atoms with E-state index in [4.69, 9.17) is 9.47 Å². The Labute approximate surface area is 142 Å². The average molecular weight is 407 g/mol. The summed E-state index contributed by atoms with van der Waals surface area (Å²) in [6.45, 7) is 0.512. The molecular weight excluding hydrogens is 393 g/mol. The predicted octanol–water partition coefficient (Wildman–Crippen LogP) is 4.21. The highest BCUT2D eigenvalue weighted by molar-refractivity contribution is 14.1. The van der Waals surface area contributed by atoms with Crippen molar-refractivity contribution in [2.75, 3.05) is 7.11 Å². The van der Waals surface area contributed by atoms with E-state index in [1.807, 2.05) is 54.6 Å². The molecule has 3 rings (SSSR count). The van der Waals surface area contributed by atoms with Gasteiger partial charge in [-0.2, -0.15) is 0 Å². The second-order valence-corrected chi connectivity index (χ2v) is 5.76. The Morgan fingerprint density at radius 1 is 1.14 bits per heavy atom. The summed E-state index contributed by atoms with van der Waals surface area (Å²) in [7, 11) is 1.38. The van der Waals surface area contributed by atoms with Gasteiger partial charge in [0.2, 0.25) is 0 Å². The quantitative estimate of drug-likeness (QED) is 0.481. The number of methoxy groups -OCH3 is 1. The summed E-state index contributed by atoms with van der Waals surface area (Å²) in [5.74, 6) is 0.418. The maximum absolute atomic E-state index is 11.7. The Hall–Kier alpha value is -2.02. The first-order valence-electron chi connectivity index (χ1n) is 6.76. The van der Waals surface area contributed by atoms with Crippen molar-refractivity contribution >= 4 is 39.7 Å². The standard InChI is InChI=1S/C17H14INO3/c1-21-17(20)16-9-13-7-8-14(10-15(13)19(16)18)22-11-12-5-3-2-4-6-12/h2-10H,11H2,1H3. The van der Waals surface area contributed by atoms with Crippen LogP contribution in [0, 0.1) is 0 Å². The third-order valence-corrected chi connectivity index (χ3v) is 4.40. The van der Waals surface area contributed by atoms with Gasteiger partial charge in [-0.15, -0.1) is 0 Å². The summed E-state index contributed by atoms with van der Waals surface area (Å²) in [6, 6.07) is 17.6. The molecule has 0 bridgehead atoms. The average Bonchev–Trinajstić information content (AvgIpc) is 2.90. The van der Waals surface area contributed by atoms with Gasteiger partial charge in [0, 0.05) is 11.5 Å². The Morgan fingerprint density at radius 2 is 1.91 bits per heavy atom. The van der Waals surface area contributed by atoms with Crippen molar-refractivity contribution in [3.05, 3.63) is 65.9 Å². The summed E-state index contributed by atoms with van der Waals surface area (Å²) in [6.07, 6.45) is 0. The molecule has 0 aliphatic heterocycles. The minimum absolute atomic E-state index is 0.350. The van der Waals surface area contributed by atoms with Gasteiger partial charge in [0.15, 0.2) is 0 Å². The summed E-state index contributed by atoms with van der Waals surface area (Å²) < 4.78 is 12.4. The van der Waals surface area contributed by atoms with Crippen LogP contribution in [0.3, 0.4) is 0 Å². The van der Waals surface area contributed by atoms with Crippen molar-refractivity contribution in [2.45, 2.75) is 6.61 Å². The molecule has 0 spiro atoms. The third-order valence-electron chi connectivity index (χ3n) is 3.36. The summed E-state index contributed by atoms with van der Waals surface area (Å²) in [4.78, 5) is 11.7. The Bertz CT molecular complexity index is 811. The fraction of sp³-hybridized carbons (Fsp3) is 0.118. The molecule has 5 heteroatoms. The first-order chi connectivity index (χ1) is 10.7. The van der Waals surface area contributed by atoms with Crippen LogP contribution >= 0.6 is 22.9 Å².